The molecule has 1 unspecified atom stereocenters. The summed E-state index contributed by atoms with van der Waals surface area (Å²) in [5, 5.41) is 3.80. The number of nitrogens with one attached hydrogen (secondary N) is 2. The highest BCUT2D eigenvalue weighted by molar-refractivity contribution is 6.07. The molecule has 1 amide bonds. The minimum atomic E-state index is -0.375. The van der Waals surface area contributed by atoms with Crippen LogP contribution in [0, 0.1) is 0 Å². The van der Waals surface area contributed by atoms with Crippen molar-refractivity contribution in [1.82, 2.24) is 15.3 Å². The molecule has 0 saturated heterocycles. The number of aromatic nitrogens is 2. The van der Waals surface area contributed by atoms with Gasteiger partial charge in [-0.1, -0.05) is 61.5 Å². The number of hydrogen-bond acceptors (Lipinski definition) is 3. The molecule has 0 saturated carbocycles. The summed E-state index contributed by atoms with van der Waals surface area (Å²) in [5.74, 6) is -0.226. The van der Waals surface area contributed by atoms with Gasteiger partial charge in [0.25, 0.3) is 11.5 Å². The molecular formula is C24H21N3O2. The van der Waals surface area contributed by atoms with E-state index in [1.165, 1.54) is 0 Å². The van der Waals surface area contributed by atoms with Gasteiger partial charge in [0.15, 0.2) is 0 Å². The Kier molecular flexibility index (Phi) is 5.20. The minimum Gasteiger partial charge on any atom is -0.345 e. The van der Waals surface area contributed by atoms with Crippen molar-refractivity contribution in [2.24, 2.45) is 0 Å². The van der Waals surface area contributed by atoms with E-state index in [9.17, 15) is 9.59 Å². The lowest BCUT2D eigenvalue weighted by Gasteiger charge is -2.18. The van der Waals surface area contributed by atoms with Crippen LogP contribution in [0.3, 0.4) is 0 Å². The second-order valence-corrected chi connectivity index (χ2v) is 6.83. The van der Waals surface area contributed by atoms with Gasteiger partial charge in [0.1, 0.15) is 0 Å². The third-order valence-electron chi connectivity index (χ3n) is 4.97. The highest BCUT2D eigenvalue weighted by atomic mass is 16.2. The molecule has 29 heavy (non-hydrogen) atoms. The van der Waals surface area contributed by atoms with E-state index in [1.807, 2.05) is 67.6 Å². The smallest absolute Gasteiger partial charge is 0.253 e. The standard InChI is InChI=1S/C24H21N3O2/c1-2-20(18-12-8-14-25-23(18)28)27-24(29)19-15-22(16-9-4-3-5-10-16)26-21-13-7-6-11-17(19)21/h3-15,20H,2H2,1H3,(H,25,28)(H,27,29). The summed E-state index contributed by atoms with van der Waals surface area (Å²) in [4.78, 5) is 32.8. The SMILES string of the molecule is CCC(NC(=O)c1cc(-c2ccccc2)nc2ccccc12)c1ccc[nH]c1=O. The zero-order valence-corrected chi connectivity index (χ0v) is 16.1. The molecule has 2 N–H and O–H groups in total. The number of H-pyrrole nitrogens is 1. The molecule has 0 spiro atoms. The van der Waals surface area contributed by atoms with Crippen LogP contribution >= 0.6 is 0 Å². The Morgan fingerprint density at radius 1 is 1.03 bits per heavy atom. The second kappa shape index (κ2) is 8.10. The van der Waals surface area contributed by atoms with Crippen LogP contribution in [0.4, 0.5) is 0 Å². The first kappa shape index (κ1) is 18.6. The Morgan fingerprint density at radius 2 is 1.79 bits per heavy atom. The van der Waals surface area contributed by atoms with E-state index < -0.39 is 0 Å². The van der Waals surface area contributed by atoms with Crippen molar-refractivity contribution in [3.05, 3.63) is 100 Å². The van der Waals surface area contributed by atoms with Crippen LogP contribution in [0.2, 0.25) is 0 Å². The Hall–Kier alpha value is -3.73. The van der Waals surface area contributed by atoms with Crippen LogP contribution in [0.1, 0.15) is 35.3 Å². The number of amides is 1. The zero-order chi connectivity index (χ0) is 20.2. The lowest BCUT2D eigenvalue weighted by Crippen LogP contribution is -2.32. The number of carbonyl (C=O) groups excluding carboxylic acids is 1. The molecule has 0 aliphatic carbocycles. The van der Waals surface area contributed by atoms with Crippen molar-refractivity contribution >= 4 is 16.8 Å². The molecule has 4 aromatic rings. The maximum atomic E-state index is 13.2. The van der Waals surface area contributed by atoms with Gasteiger partial charge in [-0.2, -0.15) is 0 Å². The Morgan fingerprint density at radius 3 is 2.55 bits per heavy atom. The van der Waals surface area contributed by atoms with Gasteiger partial charge in [-0.25, -0.2) is 4.98 Å². The summed E-state index contributed by atoms with van der Waals surface area (Å²) < 4.78 is 0. The molecule has 0 fully saturated rings. The molecule has 2 aromatic carbocycles. The molecule has 0 radical (unpaired) electrons. The van der Waals surface area contributed by atoms with Gasteiger partial charge in [0.05, 0.1) is 22.8 Å². The molecule has 4 rings (SSSR count). The molecule has 5 heteroatoms. The lowest BCUT2D eigenvalue weighted by atomic mass is 10.0. The quantitative estimate of drug-likeness (QED) is 0.534. The number of pyridine rings is 2. The Balaban J connectivity index is 1.77. The predicted octanol–water partition coefficient (Wildman–Crippen LogP) is 4.47. The van der Waals surface area contributed by atoms with E-state index in [-0.39, 0.29) is 17.5 Å². The number of benzene rings is 2. The number of carbonyl (C=O) groups is 1. The van der Waals surface area contributed by atoms with E-state index in [2.05, 4.69) is 10.3 Å². The molecule has 5 nitrogen and oxygen atoms in total. The van der Waals surface area contributed by atoms with Gasteiger partial charge >= 0.3 is 0 Å². The average molecular weight is 383 g/mol. The van der Waals surface area contributed by atoms with Crippen molar-refractivity contribution < 1.29 is 4.79 Å². The molecule has 144 valence electrons. The summed E-state index contributed by atoms with van der Waals surface area (Å²) >= 11 is 0. The highest BCUT2D eigenvalue weighted by Crippen LogP contribution is 2.25. The van der Waals surface area contributed by atoms with Crippen molar-refractivity contribution in [1.29, 1.82) is 0 Å². The first-order valence-corrected chi connectivity index (χ1v) is 9.61. The van der Waals surface area contributed by atoms with E-state index >= 15 is 0 Å². The lowest BCUT2D eigenvalue weighted by molar-refractivity contribution is 0.0937. The minimum absolute atomic E-state index is 0.191. The second-order valence-electron chi connectivity index (χ2n) is 6.83. The maximum Gasteiger partial charge on any atom is 0.253 e. The fourth-order valence-corrected chi connectivity index (χ4v) is 3.46. The van der Waals surface area contributed by atoms with Crippen LogP contribution in [0.5, 0.6) is 0 Å². The van der Waals surface area contributed by atoms with E-state index in [4.69, 9.17) is 4.98 Å². The fraction of sp³-hybridized carbons (Fsp3) is 0.125. The van der Waals surface area contributed by atoms with Crippen molar-refractivity contribution in [3.63, 3.8) is 0 Å². The van der Waals surface area contributed by atoms with Crippen LogP contribution in [0.25, 0.3) is 22.2 Å². The molecule has 0 aliphatic rings. The molecule has 2 aromatic heterocycles. The van der Waals surface area contributed by atoms with Gasteiger partial charge in [0.2, 0.25) is 0 Å². The number of fused-ring (bicyclic) bond motifs is 1. The number of para-hydroxylation sites is 1. The van der Waals surface area contributed by atoms with Gasteiger partial charge in [-0.05, 0) is 24.6 Å². The van der Waals surface area contributed by atoms with Gasteiger partial charge < -0.3 is 10.3 Å². The summed E-state index contributed by atoms with van der Waals surface area (Å²) in [7, 11) is 0. The van der Waals surface area contributed by atoms with Crippen LogP contribution in [0.15, 0.2) is 83.8 Å². The van der Waals surface area contributed by atoms with Crippen molar-refractivity contribution in [2.45, 2.75) is 19.4 Å². The Labute approximate surface area is 168 Å². The van der Waals surface area contributed by atoms with E-state index in [0.717, 1.165) is 22.2 Å². The van der Waals surface area contributed by atoms with Gasteiger partial charge in [-0.15, -0.1) is 0 Å². The van der Waals surface area contributed by atoms with E-state index in [0.29, 0.717) is 17.5 Å². The zero-order valence-electron chi connectivity index (χ0n) is 16.1. The van der Waals surface area contributed by atoms with Gasteiger partial charge in [-0.3, -0.25) is 9.59 Å². The molecule has 1 atom stereocenters. The average Bonchev–Trinajstić information content (AvgIpc) is 2.77. The first-order chi connectivity index (χ1) is 14.2. The summed E-state index contributed by atoms with van der Waals surface area (Å²) in [6.45, 7) is 1.94. The van der Waals surface area contributed by atoms with Crippen LogP contribution in [-0.4, -0.2) is 15.9 Å². The third kappa shape index (κ3) is 3.80. The number of aromatic amines is 1. The number of nitrogens with zero attached hydrogens (tertiary/aromatic N) is 1. The highest BCUT2D eigenvalue weighted by Gasteiger charge is 2.19. The third-order valence-corrected chi connectivity index (χ3v) is 4.97. The Bertz CT molecular complexity index is 1220. The molecule has 2 heterocycles. The van der Waals surface area contributed by atoms with Crippen molar-refractivity contribution in [2.75, 3.05) is 0 Å². The monoisotopic (exact) mass is 383 g/mol. The largest absolute Gasteiger partial charge is 0.345 e. The topological polar surface area (TPSA) is 74.8 Å². The molecule has 0 aliphatic heterocycles. The number of hydrogen-bond donors (Lipinski definition) is 2. The summed E-state index contributed by atoms with van der Waals surface area (Å²) in [5.41, 5.74) is 3.33. The number of rotatable bonds is 5. The van der Waals surface area contributed by atoms with Crippen LogP contribution < -0.4 is 10.9 Å². The summed E-state index contributed by atoms with van der Waals surface area (Å²) in [6, 6.07) is 22.3. The predicted molar refractivity (Wildman–Crippen MR) is 115 cm³/mol. The maximum absolute atomic E-state index is 13.2. The normalized spacial score (nSPS) is 11.9. The summed E-state index contributed by atoms with van der Waals surface area (Å²) in [6.07, 6.45) is 2.19. The van der Waals surface area contributed by atoms with Crippen molar-refractivity contribution in [3.8, 4) is 11.3 Å². The van der Waals surface area contributed by atoms with Crippen LogP contribution in [-0.2, 0) is 0 Å². The van der Waals surface area contributed by atoms with Gasteiger partial charge in [0, 0.05) is 22.7 Å². The first-order valence-electron chi connectivity index (χ1n) is 9.61. The fourth-order valence-electron chi connectivity index (χ4n) is 3.46. The molecule has 0 bridgehead atoms. The van der Waals surface area contributed by atoms with E-state index in [1.54, 1.807) is 18.3 Å². The molecular weight excluding hydrogens is 362 g/mol.